The topological polar surface area (TPSA) is 122 Å². The molecule has 10 nitrogen and oxygen atoms in total. The third kappa shape index (κ3) is 6.12. The van der Waals surface area contributed by atoms with Gasteiger partial charge in [-0.3, -0.25) is 24.6 Å². The number of nitro groups is 1. The van der Waals surface area contributed by atoms with E-state index in [4.69, 9.17) is 4.74 Å². The average molecular weight is 465 g/mol. The Hall–Kier alpha value is -2.82. The van der Waals surface area contributed by atoms with E-state index < -0.39 is 28.7 Å². The normalized spacial score (nSPS) is 20.8. The molecule has 2 fully saturated rings. The summed E-state index contributed by atoms with van der Waals surface area (Å²) in [6.45, 7) is 6.06. The van der Waals surface area contributed by atoms with Gasteiger partial charge in [-0.05, 0) is 32.8 Å². The number of hydrogen-bond acceptors (Lipinski definition) is 7. The maximum absolute atomic E-state index is 13.0. The van der Waals surface area contributed by atoms with Crippen molar-refractivity contribution in [1.29, 1.82) is 0 Å². The van der Waals surface area contributed by atoms with E-state index in [1.54, 1.807) is 43.5 Å². The number of carbonyl (C=O) groups excluding carboxylic acids is 3. The number of rotatable bonds is 5. The second-order valence-electron chi connectivity index (χ2n) is 8.89. The Bertz CT molecular complexity index is 897. The first-order chi connectivity index (χ1) is 15.0. The highest BCUT2D eigenvalue weighted by Gasteiger charge is 2.43. The summed E-state index contributed by atoms with van der Waals surface area (Å²) in [5.74, 6) is 0.969. The quantitative estimate of drug-likeness (QED) is 0.523. The Kier molecular flexibility index (Phi) is 7.27. The molecule has 11 heteroatoms. The summed E-state index contributed by atoms with van der Waals surface area (Å²) in [5.41, 5.74) is -0.279. The van der Waals surface area contributed by atoms with Crippen molar-refractivity contribution >= 4 is 35.4 Å². The summed E-state index contributed by atoms with van der Waals surface area (Å²) < 4.78 is 5.48. The second kappa shape index (κ2) is 9.76. The van der Waals surface area contributed by atoms with Gasteiger partial charge in [0, 0.05) is 37.0 Å². The summed E-state index contributed by atoms with van der Waals surface area (Å²) in [5, 5.41) is 13.8. The molecule has 174 valence electrons. The Morgan fingerprint density at radius 2 is 2.06 bits per heavy atom. The lowest BCUT2D eigenvalue weighted by molar-refractivity contribution is -0.384. The van der Waals surface area contributed by atoms with Gasteiger partial charge in [0.15, 0.2) is 0 Å². The van der Waals surface area contributed by atoms with Crippen molar-refractivity contribution in [1.82, 2.24) is 15.1 Å². The predicted octanol–water partition coefficient (Wildman–Crippen LogP) is 2.16. The summed E-state index contributed by atoms with van der Waals surface area (Å²) in [6.07, 6.45) is -0.329. The Morgan fingerprint density at radius 3 is 2.69 bits per heavy atom. The third-order valence-electron chi connectivity index (χ3n) is 5.13. The molecule has 0 aromatic heterocycles. The van der Waals surface area contributed by atoms with Gasteiger partial charge in [-0.1, -0.05) is 12.1 Å². The van der Waals surface area contributed by atoms with Gasteiger partial charge in [0.1, 0.15) is 11.6 Å². The predicted molar refractivity (Wildman–Crippen MR) is 119 cm³/mol. The highest BCUT2D eigenvalue weighted by Crippen LogP contribution is 2.25. The minimum atomic E-state index is -0.711. The molecule has 0 spiro atoms. The van der Waals surface area contributed by atoms with Crippen LogP contribution in [-0.2, 0) is 20.7 Å². The van der Waals surface area contributed by atoms with Gasteiger partial charge in [0.25, 0.3) is 5.69 Å². The van der Waals surface area contributed by atoms with Gasteiger partial charge < -0.3 is 15.0 Å². The number of nitro benzene ring substituents is 1. The van der Waals surface area contributed by atoms with Crippen LogP contribution in [0.1, 0.15) is 32.8 Å². The van der Waals surface area contributed by atoms with E-state index in [1.165, 1.54) is 23.1 Å². The number of nitrogens with zero attached hydrogens (tertiary/aromatic N) is 3. The standard InChI is InChI=1S/C21H28N4O6S/c1-21(2,3)31-20(28)24-12-15(11-17(24)19(27)23-7-8-32-13-23)22-18(26)10-14-5-4-6-16(9-14)25(29)30/h4-6,9,15,17H,7-8,10-13H2,1-3H3,(H,22,26)/t15-,17-/m0/s1. The molecule has 0 saturated carbocycles. The molecule has 2 aliphatic heterocycles. The fraction of sp³-hybridized carbons (Fsp3) is 0.571. The molecular weight excluding hydrogens is 436 g/mol. The summed E-state index contributed by atoms with van der Waals surface area (Å²) in [7, 11) is 0. The van der Waals surface area contributed by atoms with Gasteiger partial charge in [0.05, 0.1) is 17.2 Å². The summed E-state index contributed by atoms with van der Waals surface area (Å²) in [4.78, 5) is 51.9. The third-order valence-corrected chi connectivity index (χ3v) is 6.10. The minimum Gasteiger partial charge on any atom is -0.444 e. The summed E-state index contributed by atoms with van der Waals surface area (Å²) in [6, 6.07) is 4.78. The van der Waals surface area contributed by atoms with E-state index in [-0.39, 0.29) is 30.5 Å². The van der Waals surface area contributed by atoms with E-state index in [0.717, 1.165) is 5.75 Å². The molecule has 0 radical (unpaired) electrons. The summed E-state index contributed by atoms with van der Waals surface area (Å²) >= 11 is 1.66. The SMILES string of the molecule is CC(C)(C)OC(=O)N1C[C@@H](NC(=O)Cc2cccc([N+](=O)[O-])c2)C[C@H]1C(=O)N1CCSC1. The van der Waals surface area contributed by atoms with Crippen molar-refractivity contribution in [2.75, 3.05) is 24.7 Å². The highest BCUT2D eigenvalue weighted by atomic mass is 32.2. The molecule has 1 aromatic carbocycles. The molecule has 0 unspecified atom stereocenters. The Morgan fingerprint density at radius 1 is 1.31 bits per heavy atom. The van der Waals surface area contributed by atoms with Crippen molar-refractivity contribution in [3.63, 3.8) is 0 Å². The van der Waals surface area contributed by atoms with Crippen LogP contribution >= 0.6 is 11.8 Å². The zero-order chi connectivity index (χ0) is 23.5. The van der Waals surface area contributed by atoms with Crippen LogP contribution in [0, 0.1) is 10.1 Å². The van der Waals surface area contributed by atoms with Crippen molar-refractivity contribution in [3.8, 4) is 0 Å². The highest BCUT2D eigenvalue weighted by molar-refractivity contribution is 7.99. The number of benzene rings is 1. The monoisotopic (exact) mass is 464 g/mol. The molecule has 1 N–H and O–H groups in total. The molecule has 32 heavy (non-hydrogen) atoms. The smallest absolute Gasteiger partial charge is 0.411 e. The molecule has 2 saturated heterocycles. The van der Waals surface area contributed by atoms with Crippen molar-refractivity contribution in [2.24, 2.45) is 0 Å². The van der Waals surface area contributed by atoms with Gasteiger partial charge in [-0.15, -0.1) is 11.8 Å². The second-order valence-corrected chi connectivity index (χ2v) is 9.97. The van der Waals surface area contributed by atoms with Gasteiger partial charge in [0.2, 0.25) is 11.8 Å². The first-order valence-corrected chi connectivity index (χ1v) is 11.6. The van der Waals surface area contributed by atoms with Crippen LogP contribution in [-0.4, -0.2) is 75.0 Å². The van der Waals surface area contributed by atoms with Crippen molar-refractivity contribution in [3.05, 3.63) is 39.9 Å². The molecule has 3 amide bonds. The Balaban J connectivity index is 1.68. The van der Waals surface area contributed by atoms with Crippen LogP contribution in [0.15, 0.2) is 24.3 Å². The fourth-order valence-corrected chi connectivity index (χ4v) is 4.69. The van der Waals surface area contributed by atoms with Crippen LogP contribution in [0.25, 0.3) is 0 Å². The van der Waals surface area contributed by atoms with Crippen LogP contribution in [0.4, 0.5) is 10.5 Å². The van der Waals surface area contributed by atoms with E-state index in [2.05, 4.69) is 5.32 Å². The van der Waals surface area contributed by atoms with E-state index >= 15 is 0 Å². The first kappa shape index (κ1) is 23.8. The number of likely N-dealkylation sites (tertiary alicyclic amines) is 1. The zero-order valence-corrected chi connectivity index (χ0v) is 19.2. The van der Waals surface area contributed by atoms with E-state index in [9.17, 15) is 24.5 Å². The molecule has 2 atom stereocenters. The van der Waals surface area contributed by atoms with Crippen LogP contribution in [0.2, 0.25) is 0 Å². The molecule has 0 aliphatic carbocycles. The lowest BCUT2D eigenvalue weighted by Crippen LogP contribution is -2.48. The van der Waals surface area contributed by atoms with Gasteiger partial charge in [-0.25, -0.2) is 4.79 Å². The number of thioether (sulfide) groups is 1. The van der Waals surface area contributed by atoms with Gasteiger partial charge >= 0.3 is 6.09 Å². The number of nitrogens with one attached hydrogen (secondary N) is 1. The van der Waals surface area contributed by atoms with E-state index in [1.807, 2.05) is 0 Å². The lowest BCUT2D eigenvalue weighted by Gasteiger charge is -2.29. The van der Waals surface area contributed by atoms with Crippen molar-refractivity contribution in [2.45, 2.75) is 51.3 Å². The number of hydrogen-bond donors (Lipinski definition) is 1. The maximum Gasteiger partial charge on any atom is 0.411 e. The Labute approximate surface area is 190 Å². The van der Waals surface area contributed by atoms with E-state index in [0.29, 0.717) is 24.4 Å². The maximum atomic E-state index is 13.0. The zero-order valence-electron chi connectivity index (χ0n) is 18.4. The van der Waals surface area contributed by atoms with Crippen LogP contribution in [0.3, 0.4) is 0 Å². The molecule has 2 heterocycles. The molecule has 0 bridgehead atoms. The number of carbonyl (C=O) groups is 3. The largest absolute Gasteiger partial charge is 0.444 e. The van der Waals surface area contributed by atoms with Crippen molar-refractivity contribution < 1.29 is 24.0 Å². The number of amides is 3. The minimum absolute atomic E-state index is 0.0357. The first-order valence-electron chi connectivity index (χ1n) is 10.4. The lowest BCUT2D eigenvalue weighted by atomic mass is 10.1. The molecule has 2 aliphatic rings. The fourth-order valence-electron chi connectivity index (χ4n) is 3.74. The number of ether oxygens (including phenoxy) is 1. The molecular formula is C21H28N4O6S. The van der Waals surface area contributed by atoms with Gasteiger partial charge in [-0.2, -0.15) is 0 Å². The molecule has 3 rings (SSSR count). The number of non-ortho nitro benzene ring substituents is 1. The van der Waals surface area contributed by atoms with Crippen LogP contribution < -0.4 is 5.32 Å². The molecule has 1 aromatic rings. The average Bonchev–Trinajstić information content (AvgIpc) is 3.36. The van der Waals surface area contributed by atoms with Crippen LogP contribution in [0.5, 0.6) is 0 Å².